The molecule has 1 fully saturated rings. The monoisotopic (exact) mass is 428 g/mol. The molecular weight excluding hydrogens is 408 g/mol. The number of likely N-dealkylation sites (tertiary alicyclic amines) is 1. The zero-order valence-corrected chi connectivity index (χ0v) is 17.6. The SMILES string of the molecule is COc1ccc(N2C(=O)C(Sc3ccc(Cl)cc3)=C(N3CCCCC3)C2=O)cc1. The zero-order chi connectivity index (χ0) is 20.4. The van der Waals surface area contributed by atoms with Crippen LogP contribution in [0.3, 0.4) is 0 Å². The highest BCUT2D eigenvalue weighted by Crippen LogP contribution is 2.39. The number of halogens is 1. The van der Waals surface area contributed by atoms with E-state index < -0.39 is 0 Å². The lowest BCUT2D eigenvalue weighted by atomic mass is 10.1. The minimum Gasteiger partial charge on any atom is -0.497 e. The molecule has 150 valence electrons. The Labute approximate surface area is 179 Å². The van der Waals surface area contributed by atoms with Crippen LogP contribution in [0.15, 0.2) is 64.0 Å². The number of carbonyl (C=O) groups is 2. The number of carbonyl (C=O) groups excluding carboxylic acids is 2. The van der Waals surface area contributed by atoms with Gasteiger partial charge >= 0.3 is 0 Å². The third-order valence-corrected chi connectivity index (χ3v) is 6.39. The van der Waals surface area contributed by atoms with Crippen molar-refractivity contribution in [2.75, 3.05) is 25.1 Å². The molecule has 2 aromatic carbocycles. The number of amides is 2. The molecule has 2 aliphatic rings. The predicted molar refractivity (Wildman–Crippen MR) is 115 cm³/mol. The molecule has 0 spiro atoms. The van der Waals surface area contributed by atoms with E-state index in [0.717, 1.165) is 37.2 Å². The van der Waals surface area contributed by atoms with E-state index in [1.807, 2.05) is 12.1 Å². The largest absolute Gasteiger partial charge is 0.497 e. The highest BCUT2D eigenvalue weighted by Gasteiger charge is 2.42. The van der Waals surface area contributed by atoms with Crippen LogP contribution in [0.1, 0.15) is 19.3 Å². The molecule has 0 aliphatic carbocycles. The van der Waals surface area contributed by atoms with E-state index in [4.69, 9.17) is 16.3 Å². The smallest absolute Gasteiger partial charge is 0.283 e. The molecule has 4 rings (SSSR count). The number of imide groups is 1. The highest BCUT2D eigenvalue weighted by molar-refractivity contribution is 8.04. The van der Waals surface area contributed by atoms with Gasteiger partial charge in [-0.2, -0.15) is 0 Å². The van der Waals surface area contributed by atoms with Crippen molar-refractivity contribution in [3.05, 3.63) is 64.2 Å². The van der Waals surface area contributed by atoms with E-state index in [2.05, 4.69) is 4.90 Å². The van der Waals surface area contributed by atoms with Crippen LogP contribution in [0.2, 0.25) is 5.02 Å². The van der Waals surface area contributed by atoms with Gasteiger partial charge in [0.25, 0.3) is 11.8 Å². The number of ether oxygens (including phenoxy) is 1. The summed E-state index contributed by atoms with van der Waals surface area (Å²) in [5.74, 6) is 0.118. The molecule has 29 heavy (non-hydrogen) atoms. The number of hydrogen-bond acceptors (Lipinski definition) is 5. The van der Waals surface area contributed by atoms with Crippen LogP contribution in [0.25, 0.3) is 0 Å². The number of benzene rings is 2. The fraction of sp³-hybridized carbons (Fsp3) is 0.273. The quantitative estimate of drug-likeness (QED) is 0.645. The molecule has 0 unspecified atom stereocenters. The molecule has 0 radical (unpaired) electrons. The molecule has 0 atom stereocenters. The van der Waals surface area contributed by atoms with Gasteiger partial charge in [0.2, 0.25) is 0 Å². The number of rotatable bonds is 5. The van der Waals surface area contributed by atoms with E-state index in [0.29, 0.717) is 27.1 Å². The van der Waals surface area contributed by atoms with Crippen molar-refractivity contribution in [1.82, 2.24) is 4.90 Å². The lowest BCUT2D eigenvalue weighted by Gasteiger charge is -2.29. The topological polar surface area (TPSA) is 49.9 Å². The van der Waals surface area contributed by atoms with Crippen molar-refractivity contribution in [3.63, 3.8) is 0 Å². The molecule has 0 aromatic heterocycles. The molecule has 2 aliphatic heterocycles. The lowest BCUT2D eigenvalue weighted by molar-refractivity contribution is -0.121. The lowest BCUT2D eigenvalue weighted by Crippen LogP contribution is -2.37. The summed E-state index contributed by atoms with van der Waals surface area (Å²) in [6.45, 7) is 1.57. The number of methoxy groups -OCH3 is 1. The summed E-state index contributed by atoms with van der Waals surface area (Å²) in [5, 5.41) is 0.633. The Hall–Kier alpha value is -2.44. The van der Waals surface area contributed by atoms with E-state index in [1.165, 1.54) is 16.7 Å². The van der Waals surface area contributed by atoms with Crippen LogP contribution < -0.4 is 9.64 Å². The zero-order valence-electron chi connectivity index (χ0n) is 16.1. The summed E-state index contributed by atoms with van der Waals surface area (Å²) in [7, 11) is 1.58. The second-order valence-electron chi connectivity index (χ2n) is 6.93. The van der Waals surface area contributed by atoms with E-state index in [-0.39, 0.29) is 11.8 Å². The fourth-order valence-electron chi connectivity index (χ4n) is 3.57. The van der Waals surface area contributed by atoms with Crippen molar-refractivity contribution in [2.45, 2.75) is 24.2 Å². The highest BCUT2D eigenvalue weighted by atomic mass is 35.5. The summed E-state index contributed by atoms with van der Waals surface area (Å²) >= 11 is 7.31. The van der Waals surface area contributed by atoms with Crippen LogP contribution in [0.4, 0.5) is 5.69 Å². The summed E-state index contributed by atoms with van der Waals surface area (Å²) in [4.78, 5) is 31.4. The molecule has 7 heteroatoms. The minimum atomic E-state index is -0.291. The van der Waals surface area contributed by atoms with Crippen LogP contribution in [0.5, 0.6) is 5.75 Å². The Bertz CT molecular complexity index is 951. The summed E-state index contributed by atoms with van der Waals surface area (Å²) in [6, 6.07) is 14.3. The molecule has 1 saturated heterocycles. The summed E-state index contributed by atoms with van der Waals surface area (Å²) < 4.78 is 5.19. The Balaban J connectivity index is 1.71. The van der Waals surface area contributed by atoms with Gasteiger partial charge < -0.3 is 9.64 Å². The Morgan fingerprint density at radius 2 is 1.55 bits per heavy atom. The van der Waals surface area contributed by atoms with Crippen molar-refractivity contribution in [1.29, 1.82) is 0 Å². The second-order valence-corrected chi connectivity index (χ2v) is 8.45. The first-order valence-electron chi connectivity index (χ1n) is 9.54. The minimum absolute atomic E-state index is 0.265. The van der Waals surface area contributed by atoms with Crippen molar-refractivity contribution in [2.24, 2.45) is 0 Å². The molecule has 0 bridgehead atoms. The molecule has 0 N–H and O–H groups in total. The first kappa shape index (κ1) is 19.9. The Morgan fingerprint density at radius 1 is 0.897 bits per heavy atom. The summed E-state index contributed by atoms with van der Waals surface area (Å²) in [5.41, 5.74) is 1.05. The first-order chi connectivity index (χ1) is 14.1. The molecule has 2 amide bonds. The molecule has 2 aromatic rings. The van der Waals surface area contributed by atoms with E-state index >= 15 is 0 Å². The van der Waals surface area contributed by atoms with Gasteiger partial charge in [0, 0.05) is 23.0 Å². The maximum absolute atomic E-state index is 13.4. The number of hydrogen-bond donors (Lipinski definition) is 0. The van der Waals surface area contributed by atoms with Gasteiger partial charge in [0.15, 0.2) is 0 Å². The van der Waals surface area contributed by atoms with Crippen molar-refractivity contribution < 1.29 is 14.3 Å². The van der Waals surface area contributed by atoms with Gasteiger partial charge in [-0.05, 0) is 67.8 Å². The second kappa shape index (κ2) is 8.51. The molecule has 2 heterocycles. The van der Waals surface area contributed by atoms with Gasteiger partial charge in [-0.25, -0.2) is 4.90 Å². The average Bonchev–Trinajstić information content (AvgIpc) is 3.00. The molecular formula is C22H21ClN2O3S. The van der Waals surface area contributed by atoms with Crippen LogP contribution >= 0.6 is 23.4 Å². The number of thioether (sulfide) groups is 1. The number of piperidine rings is 1. The van der Waals surface area contributed by atoms with Crippen molar-refractivity contribution in [3.8, 4) is 5.75 Å². The fourth-order valence-corrected chi connectivity index (χ4v) is 4.70. The van der Waals surface area contributed by atoms with Gasteiger partial charge in [0.1, 0.15) is 16.4 Å². The van der Waals surface area contributed by atoms with Gasteiger partial charge in [-0.1, -0.05) is 23.4 Å². The Morgan fingerprint density at radius 3 is 2.17 bits per heavy atom. The van der Waals surface area contributed by atoms with Crippen LogP contribution in [0, 0.1) is 0 Å². The standard InChI is InChI=1S/C22H21ClN2O3S/c1-28-17-9-7-16(8-10-17)25-21(26)19(24-13-3-2-4-14-24)20(22(25)27)29-18-11-5-15(23)6-12-18/h5-12H,2-4,13-14H2,1H3. The molecule has 5 nitrogen and oxygen atoms in total. The maximum atomic E-state index is 13.4. The first-order valence-corrected chi connectivity index (χ1v) is 10.7. The average molecular weight is 429 g/mol. The number of nitrogens with zero attached hydrogens (tertiary/aromatic N) is 2. The van der Waals surface area contributed by atoms with Crippen LogP contribution in [-0.4, -0.2) is 36.9 Å². The maximum Gasteiger partial charge on any atom is 0.283 e. The van der Waals surface area contributed by atoms with Gasteiger partial charge in [-0.15, -0.1) is 0 Å². The normalized spacial score (nSPS) is 17.3. The van der Waals surface area contributed by atoms with E-state index in [1.54, 1.807) is 43.5 Å². The van der Waals surface area contributed by atoms with Gasteiger partial charge in [-0.3, -0.25) is 9.59 Å². The van der Waals surface area contributed by atoms with Crippen LogP contribution in [-0.2, 0) is 9.59 Å². The predicted octanol–water partition coefficient (Wildman–Crippen LogP) is 4.71. The Kier molecular flexibility index (Phi) is 5.83. The van der Waals surface area contributed by atoms with E-state index in [9.17, 15) is 9.59 Å². The van der Waals surface area contributed by atoms with Crippen molar-refractivity contribution >= 4 is 40.9 Å². The van der Waals surface area contributed by atoms with Gasteiger partial charge in [0.05, 0.1) is 12.8 Å². The third kappa shape index (κ3) is 4.00. The summed E-state index contributed by atoms with van der Waals surface area (Å²) in [6.07, 6.45) is 3.19. The third-order valence-electron chi connectivity index (χ3n) is 5.05. The number of anilines is 1. The molecule has 0 saturated carbocycles.